The first-order valence-corrected chi connectivity index (χ1v) is 6.29. The second-order valence-electron chi connectivity index (χ2n) is 3.19. The Hall–Kier alpha value is -0.750. The zero-order valence-electron chi connectivity index (χ0n) is 8.75. The number of pyridine rings is 1. The van der Waals surface area contributed by atoms with Gasteiger partial charge in [-0.2, -0.15) is 0 Å². The minimum absolute atomic E-state index is 0.159. The molecule has 0 saturated carbocycles. The molecule has 0 atom stereocenters. The Kier molecular flexibility index (Phi) is 5.77. The summed E-state index contributed by atoms with van der Waals surface area (Å²) in [6.07, 6.45) is 0.135. The normalized spacial score (nSPS) is 10.6. The van der Waals surface area contributed by atoms with E-state index in [0.29, 0.717) is 5.33 Å². The molecule has 0 aliphatic carbocycles. The van der Waals surface area contributed by atoms with Crippen molar-refractivity contribution >= 4 is 33.4 Å². The Labute approximate surface area is 111 Å². The predicted molar refractivity (Wildman–Crippen MR) is 64.9 cm³/mol. The number of rotatable bonds is 5. The summed E-state index contributed by atoms with van der Waals surface area (Å²) in [7, 11) is 0. The van der Waals surface area contributed by atoms with Gasteiger partial charge >= 0.3 is 0 Å². The van der Waals surface area contributed by atoms with Gasteiger partial charge in [-0.05, 0) is 6.07 Å². The summed E-state index contributed by atoms with van der Waals surface area (Å²) in [5.74, 6) is -0.517. The van der Waals surface area contributed by atoms with Gasteiger partial charge in [0, 0.05) is 24.3 Å². The average Bonchev–Trinajstić information content (AvgIpc) is 2.28. The zero-order chi connectivity index (χ0) is 12.8. The highest BCUT2D eigenvalue weighted by molar-refractivity contribution is 9.09. The topological polar surface area (TPSA) is 33.2 Å². The summed E-state index contributed by atoms with van der Waals surface area (Å²) in [6, 6.07) is 1.41. The highest BCUT2D eigenvalue weighted by Gasteiger charge is 2.20. The molecule has 0 bridgehead atoms. The fourth-order valence-corrected chi connectivity index (χ4v) is 1.89. The molecule has 0 unspecified atom stereocenters. The van der Waals surface area contributed by atoms with Crippen molar-refractivity contribution in [2.75, 3.05) is 18.4 Å². The Morgan fingerprint density at radius 1 is 1.59 bits per heavy atom. The molecule has 17 heavy (non-hydrogen) atoms. The van der Waals surface area contributed by atoms with Gasteiger partial charge in [0.2, 0.25) is 0 Å². The van der Waals surface area contributed by atoms with E-state index in [1.807, 2.05) is 0 Å². The van der Waals surface area contributed by atoms with Crippen LogP contribution in [0.1, 0.15) is 10.4 Å². The van der Waals surface area contributed by atoms with Crippen LogP contribution in [0.2, 0.25) is 5.02 Å². The van der Waals surface area contributed by atoms with Gasteiger partial charge in [0.25, 0.3) is 12.3 Å². The largest absolute Gasteiger partial charge is 0.332 e. The molecule has 7 heteroatoms. The predicted octanol–water partition coefficient (Wildman–Crippen LogP) is 2.84. The van der Waals surface area contributed by atoms with Gasteiger partial charge in [-0.1, -0.05) is 27.5 Å². The number of carbonyl (C=O) groups is 1. The summed E-state index contributed by atoms with van der Waals surface area (Å²) in [6.45, 7) is -0.412. The van der Waals surface area contributed by atoms with E-state index in [-0.39, 0.29) is 17.1 Å². The van der Waals surface area contributed by atoms with Crippen LogP contribution in [-0.2, 0) is 0 Å². The van der Waals surface area contributed by atoms with E-state index in [1.165, 1.54) is 18.5 Å². The highest BCUT2D eigenvalue weighted by Crippen LogP contribution is 2.16. The van der Waals surface area contributed by atoms with Crippen LogP contribution in [0.5, 0.6) is 0 Å². The first-order valence-electron chi connectivity index (χ1n) is 4.79. The molecule has 0 aliphatic heterocycles. The van der Waals surface area contributed by atoms with Gasteiger partial charge in [-0.25, -0.2) is 8.78 Å². The van der Waals surface area contributed by atoms with Crippen molar-refractivity contribution in [3.63, 3.8) is 0 Å². The number of hydrogen-bond donors (Lipinski definition) is 0. The van der Waals surface area contributed by atoms with E-state index < -0.39 is 18.9 Å². The Balaban J connectivity index is 2.88. The molecule has 0 saturated heterocycles. The average molecular weight is 328 g/mol. The number of halogens is 4. The van der Waals surface area contributed by atoms with E-state index in [9.17, 15) is 13.6 Å². The van der Waals surface area contributed by atoms with Crippen molar-refractivity contribution in [1.82, 2.24) is 9.88 Å². The molecule has 0 aromatic carbocycles. The lowest BCUT2D eigenvalue weighted by molar-refractivity contribution is 0.0572. The molecule has 3 nitrogen and oxygen atoms in total. The van der Waals surface area contributed by atoms with Crippen LogP contribution < -0.4 is 0 Å². The van der Waals surface area contributed by atoms with E-state index in [1.54, 1.807) is 0 Å². The lowest BCUT2D eigenvalue weighted by atomic mass is 10.2. The first-order chi connectivity index (χ1) is 8.06. The molecule has 0 aliphatic rings. The third kappa shape index (κ3) is 4.20. The van der Waals surface area contributed by atoms with Gasteiger partial charge in [0.05, 0.1) is 17.1 Å². The molecule has 1 aromatic heterocycles. The van der Waals surface area contributed by atoms with Crippen LogP contribution in [0.25, 0.3) is 0 Å². The quantitative estimate of drug-likeness (QED) is 0.779. The second kappa shape index (κ2) is 6.86. The zero-order valence-corrected chi connectivity index (χ0v) is 11.1. The molecule has 1 amide bonds. The van der Waals surface area contributed by atoms with Gasteiger partial charge < -0.3 is 4.90 Å². The maximum absolute atomic E-state index is 12.3. The SMILES string of the molecule is O=C(c1ccncc1Cl)N(CCBr)CC(F)F. The molecule has 0 spiro atoms. The van der Waals surface area contributed by atoms with Crippen molar-refractivity contribution < 1.29 is 13.6 Å². The minimum atomic E-state index is -2.57. The monoisotopic (exact) mass is 326 g/mol. The summed E-state index contributed by atoms with van der Waals surface area (Å²) < 4.78 is 24.7. The number of alkyl halides is 3. The summed E-state index contributed by atoms with van der Waals surface area (Å²) in [5, 5.41) is 0.583. The fraction of sp³-hybridized carbons (Fsp3) is 0.400. The van der Waals surface area contributed by atoms with E-state index in [4.69, 9.17) is 11.6 Å². The van der Waals surface area contributed by atoms with Crippen LogP contribution in [0.3, 0.4) is 0 Å². The van der Waals surface area contributed by atoms with Crippen LogP contribution in [0.15, 0.2) is 18.5 Å². The van der Waals surface area contributed by atoms with Crippen LogP contribution >= 0.6 is 27.5 Å². The van der Waals surface area contributed by atoms with Crippen molar-refractivity contribution in [1.29, 1.82) is 0 Å². The number of amides is 1. The number of carbonyl (C=O) groups excluding carboxylic acids is 1. The molecule has 1 aromatic rings. The van der Waals surface area contributed by atoms with Gasteiger partial charge in [0.15, 0.2) is 0 Å². The highest BCUT2D eigenvalue weighted by atomic mass is 79.9. The molecular weight excluding hydrogens is 317 g/mol. The fourth-order valence-electron chi connectivity index (χ4n) is 1.26. The third-order valence-corrected chi connectivity index (χ3v) is 2.66. The summed E-state index contributed by atoms with van der Waals surface area (Å²) >= 11 is 8.91. The van der Waals surface area contributed by atoms with Gasteiger partial charge in [-0.3, -0.25) is 9.78 Å². The van der Waals surface area contributed by atoms with Crippen LogP contribution in [0.4, 0.5) is 8.78 Å². The van der Waals surface area contributed by atoms with E-state index in [2.05, 4.69) is 20.9 Å². The summed E-state index contributed by atoms with van der Waals surface area (Å²) in [4.78, 5) is 16.7. The van der Waals surface area contributed by atoms with Crippen molar-refractivity contribution in [2.24, 2.45) is 0 Å². The van der Waals surface area contributed by atoms with Crippen LogP contribution in [-0.4, -0.2) is 40.6 Å². The number of nitrogens with zero attached hydrogens (tertiary/aromatic N) is 2. The standard InChI is InChI=1S/C10H10BrClF2N2O/c11-2-4-16(6-9(13)14)10(17)7-1-3-15-5-8(7)12/h1,3,5,9H,2,4,6H2. The molecule has 1 rings (SSSR count). The first kappa shape index (κ1) is 14.3. The van der Waals surface area contributed by atoms with Gasteiger partial charge in [0.1, 0.15) is 0 Å². The summed E-state index contributed by atoms with van der Waals surface area (Å²) in [5.41, 5.74) is 0.184. The Morgan fingerprint density at radius 2 is 2.29 bits per heavy atom. The van der Waals surface area contributed by atoms with Crippen LogP contribution in [0, 0.1) is 0 Å². The van der Waals surface area contributed by atoms with Crippen molar-refractivity contribution in [3.05, 3.63) is 29.0 Å². The van der Waals surface area contributed by atoms with Gasteiger partial charge in [-0.15, -0.1) is 0 Å². The maximum atomic E-state index is 12.3. The minimum Gasteiger partial charge on any atom is -0.332 e. The molecule has 0 fully saturated rings. The molecular formula is C10H10BrClF2N2O. The Morgan fingerprint density at radius 3 is 2.82 bits per heavy atom. The lowest BCUT2D eigenvalue weighted by Gasteiger charge is -2.21. The second-order valence-corrected chi connectivity index (χ2v) is 4.39. The number of aromatic nitrogens is 1. The Bertz CT molecular complexity index is 392. The molecule has 0 radical (unpaired) electrons. The third-order valence-electron chi connectivity index (χ3n) is 2.00. The number of hydrogen-bond acceptors (Lipinski definition) is 2. The smallest absolute Gasteiger partial charge is 0.255 e. The van der Waals surface area contributed by atoms with Crippen molar-refractivity contribution in [3.8, 4) is 0 Å². The molecule has 0 N–H and O–H groups in total. The van der Waals surface area contributed by atoms with E-state index in [0.717, 1.165) is 4.90 Å². The molecule has 1 heterocycles. The van der Waals surface area contributed by atoms with E-state index >= 15 is 0 Å². The lowest BCUT2D eigenvalue weighted by Crippen LogP contribution is -2.36. The van der Waals surface area contributed by atoms with Crippen molar-refractivity contribution in [2.45, 2.75) is 6.43 Å². The molecule has 94 valence electrons. The maximum Gasteiger partial charge on any atom is 0.255 e.